The van der Waals surface area contributed by atoms with E-state index in [2.05, 4.69) is 25.6 Å². The predicted molar refractivity (Wildman–Crippen MR) is 107 cm³/mol. The number of benzene rings is 1. The van der Waals surface area contributed by atoms with Crippen molar-refractivity contribution in [1.29, 1.82) is 0 Å². The van der Waals surface area contributed by atoms with E-state index in [1.807, 2.05) is 17.9 Å². The zero-order valence-electron chi connectivity index (χ0n) is 15.7. The molecule has 9 heteroatoms. The van der Waals surface area contributed by atoms with E-state index in [9.17, 15) is 9.59 Å². The number of nitrogens with zero attached hydrogens (tertiary/aromatic N) is 6. The summed E-state index contributed by atoms with van der Waals surface area (Å²) < 4.78 is 1.28. The van der Waals surface area contributed by atoms with Crippen molar-refractivity contribution in [3.8, 4) is 0 Å². The number of carbonyl (C=O) groups excluding carboxylic acids is 1. The quantitative estimate of drug-likeness (QED) is 0.644. The first kappa shape index (κ1) is 18.7. The molecule has 0 N–H and O–H groups in total. The van der Waals surface area contributed by atoms with Gasteiger partial charge in [0, 0.05) is 44.5 Å². The lowest BCUT2D eigenvalue weighted by atomic mass is 10.2. The van der Waals surface area contributed by atoms with Crippen LogP contribution in [-0.2, 0) is 17.9 Å². The molecule has 0 radical (unpaired) electrons. The van der Waals surface area contributed by atoms with Crippen molar-refractivity contribution >= 4 is 28.1 Å². The summed E-state index contributed by atoms with van der Waals surface area (Å²) in [7, 11) is 0. The van der Waals surface area contributed by atoms with Crippen LogP contribution in [0.4, 0.5) is 0 Å². The number of hydrogen-bond acceptors (Lipinski definition) is 7. The normalized spacial score (nSPS) is 15.2. The van der Waals surface area contributed by atoms with Gasteiger partial charge in [0.1, 0.15) is 5.52 Å². The zero-order chi connectivity index (χ0) is 19.5. The van der Waals surface area contributed by atoms with Crippen LogP contribution in [0.5, 0.6) is 0 Å². The Balaban J connectivity index is 1.30. The molecular weight excluding hydrogens is 376 g/mol. The highest BCUT2D eigenvalue weighted by atomic mass is 32.1. The molecule has 0 spiro atoms. The summed E-state index contributed by atoms with van der Waals surface area (Å²) in [4.78, 5) is 33.7. The van der Waals surface area contributed by atoms with Crippen LogP contribution in [0, 0.1) is 6.92 Å². The fraction of sp³-hybridized carbons (Fsp3) is 0.421. The van der Waals surface area contributed by atoms with Gasteiger partial charge in [-0.05, 0) is 19.1 Å². The molecule has 28 heavy (non-hydrogen) atoms. The Morgan fingerprint density at radius 1 is 1.18 bits per heavy atom. The third-order valence-electron chi connectivity index (χ3n) is 4.94. The molecule has 1 aliphatic heterocycles. The topological polar surface area (TPSA) is 84.2 Å². The Bertz CT molecular complexity index is 1040. The predicted octanol–water partition coefficient (Wildman–Crippen LogP) is 1.29. The number of amides is 1. The lowest BCUT2D eigenvalue weighted by molar-refractivity contribution is -0.133. The lowest BCUT2D eigenvalue weighted by Gasteiger charge is -2.34. The minimum atomic E-state index is -0.207. The van der Waals surface area contributed by atoms with Crippen LogP contribution in [-0.4, -0.2) is 61.9 Å². The molecule has 2 aromatic heterocycles. The van der Waals surface area contributed by atoms with Crippen molar-refractivity contribution in [3.05, 3.63) is 50.7 Å². The zero-order valence-corrected chi connectivity index (χ0v) is 16.6. The highest BCUT2D eigenvalue weighted by molar-refractivity contribution is 7.09. The first-order valence-corrected chi connectivity index (χ1v) is 10.2. The Morgan fingerprint density at radius 2 is 1.96 bits per heavy atom. The highest BCUT2D eigenvalue weighted by Gasteiger charge is 2.21. The second-order valence-electron chi connectivity index (χ2n) is 6.90. The van der Waals surface area contributed by atoms with Crippen molar-refractivity contribution < 1.29 is 4.79 Å². The van der Waals surface area contributed by atoms with Gasteiger partial charge >= 0.3 is 0 Å². The van der Waals surface area contributed by atoms with Gasteiger partial charge in [-0.1, -0.05) is 17.3 Å². The SMILES string of the molecule is Cc1nc(CN2CCN(C(=O)CCn3nnc4ccccc4c3=O)CC2)cs1. The molecule has 0 aliphatic carbocycles. The number of carbonyl (C=O) groups is 1. The average Bonchev–Trinajstić information content (AvgIpc) is 3.12. The van der Waals surface area contributed by atoms with Gasteiger partial charge in [0.05, 0.1) is 22.6 Å². The van der Waals surface area contributed by atoms with E-state index in [-0.39, 0.29) is 24.4 Å². The number of fused-ring (bicyclic) bond motifs is 1. The van der Waals surface area contributed by atoms with Crippen LogP contribution in [0.1, 0.15) is 17.1 Å². The van der Waals surface area contributed by atoms with E-state index in [1.54, 1.807) is 29.5 Å². The van der Waals surface area contributed by atoms with E-state index in [0.717, 1.165) is 30.3 Å². The number of piperazine rings is 1. The van der Waals surface area contributed by atoms with E-state index >= 15 is 0 Å². The Morgan fingerprint density at radius 3 is 2.71 bits per heavy atom. The summed E-state index contributed by atoms with van der Waals surface area (Å²) in [5, 5.41) is 11.7. The van der Waals surface area contributed by atoms with Crippen LogP contribution >= 0.6 is 11.3 Å². The van der Waals surface area contributed by atoms with E-state index in [1.165, 1.54) is 4.68 Å². The maximum atomic E-state index is 12.5. The molecule has 3 heterocycles. The number of aromatic nitrogens is 4. The summed E-state index contributed by atoms with van der Waals surface area (Å²) in [5.41, 5.74) is 1.46. The van der Waals surface area contributed by atoms with E-state index in [0.29, 0.717) is 24.0 Å². The van der Waals surface area contributed by atoms with Gasteiger partial charge in [-0.3, -0.25) is 14.5 Å². The van der Waals surface area contributed by atoms with Crippen molar-refractivity contribution in [2.24, 2.45) is 0 Å². The molecule has 1 fully saturated rings. The molecule has 146 valence electrons. The standard InChI is InChI=1S/C19H22N6O2S/c1-14-20-15(13-28-14)12-23-8-10-24(11-9-23)18(26)6-7-25-19(27)16-4-2-3-5-17(16)21-22-25/h2-5,13H,6-12H2,1H3. The van der Waals surface area contributed by atoms with Crippen molar-refractivity contribution in [1.82, 2.24) is 29.8 Å². The molecule has 4 rings (SSSR count). The smallest absolute Gasteiger partial charge is 0.277 e. The molecule has 0 saturated carbocycles. The van der Waals surface area contributed by atoms with Gasteiger partial charge < -0.3 is 4.90 Å². The molecule has 1 aromatic carbocycles. The second kappa shape index (κ2) is 8.15. The average molecular weight is 398 g/mol. The molecule has 1 aliphatic rings. The Labute approximate surface area is 166 Å². The summed E-state index contributed by atoms with van der Waals surface area (Å²) in [6, 6.07) is 7.10. The Kier molecular flexibility index (Phi) is 5.45. The summed E-state index contributed by atoms with van der Waals surface area (Å²) in [6.45, 7) is 6.13. The van der Waals surface area contributed by atoms with Crippen LogP contribution in [0.3, 0.4) is 0 Å². The summed E-state index contributed by atoms with van der Waals surface area (Å²) in [6.07, 6.45) is 0.248. The fourth-order valence-electron chi connectivity index (χ4n) is 3.39. The monoisotopic (exact) mass is 398 g/mol. The molecule has 0 unspecified atom stereocenters. The number of aryl methyl sites for hydroxylation is 2. The minimum Gasteiger partial charge on any atom is -0.340 e. The molecule has 0 bridgehead atoms. The number of hydrogen-bond donors (Lipinski definition) is 0. The Hall–Kier alpha value is -2.65. The molecular formula is C19H22N6O2S. The second-order valence-corrected chi connectivity index (χ2v) is 7.96. The minimum absolute atomic E-state index is 0.0472. The van der Waals surface area contributed by atoms with Crippen molar-refractivity contribution in [2.45, 2.75) is 26.4 Å². The third-order valence-corrected chi connectivity index (χ3v) is 5.77. The molecule has 1 amide bonds. The largest absolute Gasteiger partial charge is 0.340 e. The third kappa shape index (κ3) is 4.10. The summed E-state index contributed by atoms with van der Waals surface area (Å²) >= 11 is 1.66. The first-order valence-electron chi connectivity index (χ1n) is 9.34. The maximum absolute atomic E-state index is 12.5. The summed E-state index contributed by atoms with van der Waals surface area (Å²) in [5.74, 6) is 0.0472. The highest BCUT2D eigenvalue weighted by Crippen LogP contribution is 2.13. The van der Waals surface area contributed by atoms with Crippen LogP contribution < -0.4 is 5.56 Å². The molecule has 0 atom stereocenters. The van der Waals surface area contributed by atoms with Gasteiger partial charge in [0.25, 0.3) is 5.56 Å². The van der Waals surface area contributed by atoms with Gasteiger partial charge in [-0.2, -0.15) is 0 Å². The van der Waals surface area contributed by atoms with Gasteiger partial charge in [0.2, 0.25) is 5.91 Å². The van der Waals surface area contributed by atoms with Crippen LogP contribution in [0.15, 0.2) is 34.4 Å². The van der Waals surface area contributed by atoms with Crippen LogP contribution in [0.2, 0.25) is 0 Å². The first-order chi connectivity index (χ1) is 13.6. The molecule has 1 saturated heterocycles. The lowest BCUT2D eigenvalue weighted by Crippen LogP contribution is -2.48. The van der Waals surface area contributed by atoms with Crippen molar-refractivity contribution in [3.63, 3.8) is 0 Å². The van der Waals surface area contributed by atoms with Gasteiger partial charge in [-0.25, -0.2) is 9.67 Å². The number of rotatable bonds is 5. The van der Waals surface area contributed by atoms with Gasteiger partial charge in [-0.15, -0.1) is 16.4 Å². The maximum Gasteiger partial charge on any atom is 0.277 e. The van der Waals surface area contributed by atoms with Crippen LogP contribution in [0.25, 0.3) is 10.9 Å². The molecule has 8 nitrogen and oxygen atoms in total. The van der Waals surface area contributed by atoms with E-state index < -0.39 is 0 Å². The van der Waals surface area contributed by atoms with E-state index in [4.69, 9.17) is 0 Å². The fourth-order valence-corrected chi connectivity index (χ4v) is 4.00. The van der Waals surface area contributed by atoms with Crippen molar-refractivity contribution in [2.75, 3.05) is 26.2 Å². The van der Waals surface area contributed by atoms with Gasteiger partial charge in [0.15, 0.2) is 0 Å². The molecule has 3 aromatic rings. The number of thiazole rings is 1.